The van der Waals surface area contributed by atoms with E-state index in [4.69, 9.17) is 9.47 Å². The Kier molecular flexibility index (Phi) is 6.86. The van der Waals surface area contributed by atoms with Crippen LogP contribution in [0.15, 0.2) is 10.9 Å². The number of H-pyrrole nitrogens is 1. The standard InChI is InChI=1S/C23H33N6O4Si/c1-6-15-18(19(30)17-20(24-15)26-29(25-17)14-8-12-32-13-9-14)27-10-11-28(21(34)16(27)7-2)22(31)33-23(3,4)5/h8,16,21H,6-7,9-13H2,1-5H3,(H,24,26)/t16-,21?/m0/s1. The number of hydrogen-bond donors (Lipinski definition) is 1. The monoisotopic (exact) mass is 485 g/mol. The van der Waals surface area contributed by atoms with E-state index in [0.29, 0.717) is 56.0 Å². The zero-order valence-electron chi connectivity index (χ0n) is 20.6. The van der Waals surface area contributed by atoms with Gasteiger partial charge in [-0.15, -0.1) is 10.2 Å². The van der Waals surface area contributed by atoms with Gasteiger partial charge in [0, 0.05) is 36.9 Å². The Hall–Kier alpha value is -2.66. The van der Waals surface area contributed by atoms with Crippen LogP contribution < -0.4 is 10.3 Å². The van der Waals surface area contributed by atoms with Crippen LogP contribution in [0.2, 0.25) is 0 Å². The molecule has 1 saturated heterocycles. The van der Waals surface area contributed by atoms with Crippen molar-refractivity contribution in [1.29, 1.82) is 0 Å². The van der Waals surface area contributed by atoms with Crippen LogP contribution in [0.25, 0.3) is 16.9 Å². The number of hydrogen-bond acceptors (Lipinski definition) is 7. The fraction of sp³-hybridized carbons (Fsp3) is 0.652. The molecule has 0 saturated carbocycles. The van der Waals surface area contributed by atoms with Gasteiger partial charge < -0.3 is 24.3 Å². The molecule has 0 aromatic carbocycles. The lowest BCUT2D eigenvalue weighted by molar-refractivity contribution is 0.0174. The molecular weight excluding hydrogens is 452 g/mol. The first-order valence-electron chi connectivity index (χ1n) is 11.9. The van der Waals surface area contributed by atoms with E-state index in [1.807, 2.05) is 33.8 Å². The Bertz CT molecular complexity index is 1150. The molecule has 1 unspecified atom stereocenters. The van der Waals surface area contributed by atoms with E-state index in [2.05, 4.69) is 37.2 Å². The fourth-order valence-electron chi connectivity index (χ4n) is 4.53. The zero-order valence-corrected chi connectivity index (χ0v) is 21.6. The Labute approximate surface area is 202 Å². The molecule has 11 heteroatoms. The average molecular weight is 486 g/mol. The summed E-state index contributed by atoms with van der Waals surface area (Å²) in [6, 6.07) is -0.116. The Morgan fingerprint density at radius 2 is 2.06 bits per heavy atom. The molecule has 0 spiro atoms. The van der Waals surface area contributed by atoms with Gasteiger partial charge in [0.25, 0.3) is 0 Å². The van der Waals surface area contributed by atoms with Gasteiger partial charge in [-0.2, -0.15) is 4.80 Å². The lowest BCUT2D eigenvalue weighted by atomic mass is 10.1. The highest BCUT2D eigenvalue weighted by Crippen LogP contribution is 2.28. The quantitative estimate of drug-likeness (QED) is 0.662. The summed E-state index contributed by atoms with van der Waals surface area (Å²) >= 11 is 0. The molecule has 2 aromatic rings. The van der Waals surface area contributed by atoms with E-state index in [9.17, 15) is 9.59 Å². The van der Waals surface area contributed by atoms with Crippen molar-refractivity contribution in [2.24, 2.45) is 0 Å². The highest BCUT2D eigenvalue weighted by molar-refractivity contribution is 6.13. The number of aromatic nitrogens is 4. The van der Waals surface area contributed by atoms with E-state index in [1.54, 1.807) is 9.70 Å². The summed E-state index contributed by atoms with van der Waals surface area (Å²) in [5.41, 5.74) is 2.10. The molecule has 10 nitrogen and oxygen atoms in total. The molecule has 1 amide bonds. The molecule has 0 bridgehead atoms. The largest absolute Gasteiger partial charge is 0.444 e. The molecule has 3 radical (unpaired) electrons. The first-order valence-corrected chi connectivity index (χ1v) is 12.5. The van der Waals surface area contributed by atoms with Gasteiger partial charge in [0.15, 0.2) is 11.2 Å². The lowest BCUT2D eigenvalue weighted by Gasteiger charge is -2.47. The summed E-state index contributed by atoms with van der Waals surface area (Å²) in [6.45, 7) is 11.7. The number of aryl methyl sites for hydroxylation is 1. The Morgan fingerprint density at radius 3 is 2.68 bits per heavy atom. The van der Waals surface area contributed by atoms with Crippen LogP contribution in [0.3, 0.4) is 0 Å². The molecule has 2 aromatic heterocycles. The number of carbonyl (C=O) groups is 1. The van der Waals surface area contributed by atoms with Gasteiger partial charge in [-0.1, -0.05) is 13.8 Å². The molecule has 1 N–H and O–H groups in total. The van der Waals surface area contributed by atoms with E-state index >= 15 is 0 Å². The number of rotatable bonds is 4. The number of ether oxygens (including phenoxy) is 2. The van der Waals surface area contributed by atoms with E-state index < -0.39 is 5.60 Å². The van der Waals surface area contributed by atoms with Gasteiger partial charge >= 0.3 is 6.09 Å². The second kappa shape index (κ2) is 9.53. The van der Waals surface area contributed by atoms with Crippen molar-refractivity contribution >= 4 is 38.9 Å². The van der Waals surface area contributed by atoms with Gasteiger partial charge in [0.1, 0.15) is 11.3 Å². The number of piperazine rings is 1. The molecule has 2 atom stereocenters. The van der Waals surface area contributed by atoms with Gasteiger partial charge in [-0.3, -0.25) is 4.79 Å². The van der Waals surface area contributed by atoms with Crippen LogP contribution >= 0.6 is 0 Å². The topological polar surface area (TPSA) is 106 Å². The zero-order chi connectivity index (χ0) is 24.6. The number of carbonyl (C=O) groups excluding carboxylic acids is 1. The summed E-state index contributed by atoms with van der Waals surface area (Å²) in [5, 5.41) is 9.08. The summed E-state index contributed by atoms with van der Waals surface area (Å²) in [6.07, 6.45) is 3.64. The van der Waals surface area contributed by atoms with Crippen molar-refractivity contribution in [2.45, 2.75) is 71.2 Å². The van der Waals surface area contributed by atoms with Crippen LogP contribution in [0.5, 0.6) is 0 Å². The van der Waals surface area contributed by atoms with Crippen molar-refractivity contribution in [3.63, 3.8) is 0 Å². The van der Waals surface area contributed by atoms with Crippen LogP contribution in [-0.4, -0.2) is 84.8 Å². The third-order valence-electron chi connectivity index (χ3n) is 6.16. The van der Waals surface area contributed by atoms with E-state index in [0.717, 1.165) is 17.8 Å². The fourth-order valence-corrected chi connectivity index (χ4v) is 5.18. The molecule has 1 fully saturated rings. The average Bonchev–Trinajstić information content (AvgIpc) is 3.23. The Balaban J connectivity index is 1.71. The molecule has 183 valence electrons. The van der Waals surface area contributed by atoms with Gasteiger partial charge in [0.2, 0.25) is 5.43 Å². The normalized spacial score (nSPS) is 21.6. The summed E-state index contributed by atoms with van der Waals surface area (Å²) < 4.78 is 11.0. The number of pyridine rings is 1. The van der Waals surface area contributed by atoms with Crippen LogP contribution in [-0.2, 0) is 15.9 Å². The van der Waals surface area contributed by atoms with Crippen molar-refractivity contribution in [2.75, 3.05) is 31.2 Å². The molecule has 2 aliphatic heterocycles. The number of anilines is 1. The highest BCUT2D eigenvalue weighted by atomic mass is 28.1. The van der Waals surface area contributed by atoms with Crippen molar-refractivity contribution in [3.05, 3.63) is 22.0 Å². The summed E-state index contributed by atoms with van der Waals surface area (Å²) in [5.74, 6) is 0. The highest BCUT2D eigenvalue weighted by Gasteiger charge is 2.39. The molecule has 0 aliphatic carbocycles. The van der Waals surface area contributed by atoms with Crippen LogP contribution in [0, 0.1) is 0 Å². The van der Waals surface area contributed by atoms with Crippen molar-refractivity contribution in [3.8, 4) is 0 Å². The van der Waals surface area contributed by atoms with Crippen LogP contribution in [0.4, 0.5) is 10.5 Å². The van der Waals surface area contributed by atoms with Crippen molar-refractivity contribution in [1.82, 2.24) is 24.9 Å². The van der Waals surface area contributed by atoms with Crippen molar-refractivity contribution < 1.29 is 14.3 Å². The minimum atomic E-state index is -0.578. The number of fused-ring (bicyclic) bond motifs is 1. The minimum Gasteiger partial charge on any atom is -0.444 e. The first kappa shape index (κ1) is 24.5. The van der Waals surface area contributed by atoms with Gasteiger partial charge in [-0.05, 0) is 39.7 Å². The van der Waals surface area contributed by atoms with E-state index in [-0.39, 0.29) is 23.2 Å². The Morgan fingerprint density at radius 1 is 1.29 bits per heavy atom. The minimum absolute atomic E-state index is 0.116. The maximum atomic E-state index is 13.7. The third-order valence-corrected chi connectivity index (χ3v) is 6.86. The molecule has 4 rings (SSSR count). The van der Waals surface area contributed by atoms with Gasteiger partial charge in [-0.25, -0.2) is 4.79 Å². The maximum absolute atomic E-state index is 13.7. The molecule has 2 aliphatic rings. The molecule has 34 heavy (non-hydrogen) atoms. The second-order valence-corrected chi connectivity index (χ2v) is 10.2. The third kappa shape index (κ3) is 4.63. The van der Waals surface area contributed by atoms with Crippen LogP contribution in [0.1, 0.15) is 53.2 Å². The predicted octanol–water partition coefficient (Wildman–Crippen LogP) is 2.27. The SMILES string of the molecule is CCc1[nH]c2nn(C3=CCOCC3)nc2c(=O)c1N1CCN(C(=O)OC(C)(C)C)C([Si])[C@@H]1CC. The smallest absolute Gasteiger partial charge is 0.410 e. The van der Waals surface area contributed by atoms with E-state index in [1.165, 1.54) is 0 Å². The second-order valence-electron chi connectivity index (χ2n) is 9.63. The number of amides is 1. The molecular formula is C23H33N6O4Si. The lowest BCUT2D eigenvalue weighted by Crippen LogP contribution is -2.62. The number of aromatic amines is 1. The van der Waals surface area contributed by atoms with Gasteiger partial charge in [0.05, 0.1) is 29.2 Å². The number of nitrogens with zero attached hydrogens (tertiary/aromatic N) is 5. The summed E-state index contributed by atoms with van der Waals surface area (Å²) in [4.78, 5) is 35.2. The summed E-state index contributed by atoms with van der Waals surface area (Å²) in [7, 11) is 3.79. The predicted molar refractivity (Wildman–Crippen MR) is 131 cm³/mol. The number of nitrogens with one attached hydrogen (secondary N) is 1. The maximum Gasteiger partial charge on any atom is 0.410 e. The molecule has 4 heterocycles. The first-order chi connectivity index (χ1) is 16.1.